The molecule has 1 atom stereocenters. The smallest absolute Gasteiger partial charge is 0.120 e. The average molecular weight is 253 g/mol. The highest BCUT2D eigenvalue weighted by Gasteiger charge is 2.02. The minimum absolute atomic E-state index is 0.243. The first kappa shape index (κ1) is 13.5. The van der Waals surface area contributed by atoms with Crippen LogP contribution in [0.1, 0.15) is 25.8 Å². The molecule has 0 aliphatic rings. The van der Waals surface area contributed by atoms with Crippen LogP contribution in [0.5, 0.6) is 5.75 Å². The van der Waals surface area contributed by atoms with E-state index in [-0.39, 0.29) is 6.10 Å². The number of nitrogens with two attached hydrogens (primary N) is 1. The summed E-state index contributed by atoms with van der Waals surface area (Å²) in [5.74, 6) is 6.83. The van der Waals surface area contributed by atoms with E-state index in [1.54, 1.807) is 0 Å². The largest absolute Gasteiger partial charge is 0.491 e. The van der Waals surface area contributed by atoms with E-state index >= 15 is 0 Å². The molecule has 98 valence electrons. The third kappa shape index (κ3) is 3.49. The molecule has 0 saturated carbocycles. The van der Waals surface area contributed by atoms with Crippen molar-refractivity contribution < 1.29 is 4.74 Å². The van der Waals surface area contributed by atoms with Gasteiger partial charge in [-0.15, -0.1) is 0 Å². The van der Waals surface area contributed by atoms with Crippen LogP contribution in [-0.2, 0) is 0 Å². The van der Waals surface area contributed by atoms with Crippen LogP contribution in [0.15, 0.2) is 36.4 Å². The van der Waals surface area contributed by atoms with E-state index in [1.807, 2.05) is 12.1 Å². The Morgan fingerprint density at radius 1 is 1.16 bits per heavy atom. The Kier molecular flexibility index (Phi) is 4.43. The van der Waals surface area contributed by atoms with Crippen LogP contribution in [0.4, 0.5) is 0 Å². The number of hydrogen-bond donors (Lipinski definition) is 1. The van der Waals surface area contributed by atoms with Gasteiger partial charge in [-0.3, -0.25) is 0 Å². The number of hydrogen-bond acceptors (Lipinski definition) is 2. The second kappa shape index (κ2) is 6.26. The highest BCUT2D eigenvalue weighted by atomic mass is 16.5. The van der Waals surface area contributed by atoms with Gasteiger partial charge in [-0.25, -0.2) is 0 Å². The summed E-state index contributed by atoms with van der Waals surface area (Å²) in [7, 11) is 0. The molecule has 0 bridgehead atoms. The number of ether oxygens (including phenoxy) is 1. The molecule has 2 heteroatoms. The molecule has 0 aromatic heterocycles. The first-order valence-electron chi connectivity index (χ1n) is 6.62. The van der Waals surface area contributed by atoms with Gasteiger partial charge in [0.1, 0.15) is 5.75 Å². The molecular formula is C17H19NO. The van der Waals surface area contributed by atoms with Gasteiger partial charge in [0.25, 0.3) is 0 Å². The molecule has 0 heterocycles. The van der Waals surface area contributed by atoms with E-state index in [2.05, 4.69) is 50.0 Å². The van der Waals surface area contributed by atoms with Gasteiger partial charge < -0.3 is 10.5 Å². The summed E-state index contributed by atoms with van der Waals surface area (Å²) in [5, 5.41) is 2.33. The molecule has 0 aliphatic heterocycles. The van der Waals surface area contributed by atoms with Gasteiger partial charge in [-0.1, -0.05) is 30.9 Å². The molecule has 2 rings (SSSR count). The molecule has 0 radical (unpaired) electrons. The minimum atomic E-state index is 0.243. The molecular weight excluding hydrogens is 234 g/mol. The lowest BCUT2D eigenvalue weighted by Crippen LogP contribution is -2.09. The van der Waals surface area contributed by atoms with Crippen LogP contribution in [0.3, 0.4) is 0 Å². The molecule has 0 aliphatic carbocycles. The van der Waals surface area contributed by atoms with Crippen molar-refractivity contribution in [3.05, 3.63) is 42.0 Å². The molecule has 1 unspecified atom stereocenters. The molecule has 2 aromatic carbocycles. The van der Waals surface area contributed by atoms with Crippen LogP contribution in [0.2, 0.25) is 0 Å². The molecule has 2 nitrogen and oxygen atoms in total. The summed E-state index contributed by atoms with van der Waals surface area (Å²) in [6.07, 6.45) is 1.25. The zero-order valence-corrected chi connectivity index (χ0v) is 11.4. The minimum Gasteiger partial charge on any atom is -0.491 e. The Balaban J connectivity index is 2.29. The highest BCUT2D eigenvalue weighted by molar-refractivity contribution is 5.85. The quantitative estimate of drug-likeness (QED) is 0.852. The average Bonchev–Trinajstić information content (AvgIpc) is 2.44. The lowest BCUT2D eigenvalue weighted by atomic mass is 10.1. The summed E-state index contributed by atoms with van der Waals surface area (Å²) in [5.41, 5.74) is 6.37. The number of fused-ring (bicyclic) bond motifs is 1. The standard InChI is InChI=1S/C17H19NO/c1-3-13(2)19-17-9-8-15-11-14(5-4-10-18)6-7-16(15)12-17/h6-9,11-13H,3,10,18H2,1-2H3. The fourth-order valence-corrected chi connectivity index (χ4v) is 1.84. The lowest BCUT2D eigenvalue weighted by molar-refractivity contribution is 0.218. The van der Waals surface area contributed by atoms with Gasteiger partial charge in [-0.05, 0) is 48.4 Å². The summed E-state index contributed by atoms with van der Waals surface area (Å²) in [6, 6.07) is 12.3. The Morgan fingerprint density at radius 2 is 1.89 bits per heavy atom. The molecule has 0 fully saturated rings. The van der Waals surface area contributed by atoms with Crippen LogP contribution >= 0.6 is 0 Å². The van der Waals surface area contributed by atoms with Gasteiger partial charge in [0.2, 0.25) is 0 Å². The summed E-state index contributed by atoms with van der Waals surface area (Å²) < 4.78 is 5.82. The van der Waals surface area contributed by atoms with Crippen molar-refractivity contribution in [3.63, 3.8) is 0 Å². The highest BCUT2D eigenvalue weighted by Crippen LogP contribution is 2.23. The lowest BCUT2D eigenvalue weighted by Gasteiger charge is -2.13. The molecule has 2 N–H and O–H groups in total. The van der Waals surface area contributed by atoms with Gasteiger partial charge in [0, 0.05) is 5.56 Å². The zero-order chi connectivity index (χ0) is 13.7. The van der Waals surface area contributed by atoms with Crippen molar-refractivity contribution in [2.24, 2.45) is 5.73 Å². The van der Waals surface area contributed by atoms with Crippen molar-refractivity contribution in [3.8, 4) is 17.6 Å². The second-order valence-corrected chi connectivity index (χ2v) is 4.57. The fraction of sp³-hybridized carbons (Fsp3) is 0.294. The SMILES string of the molecule is CCC(C)Oc1ccc2cc(C#CCN)ccc2c1. The van der Waals surface area contributed by atoms with E-state index in [1.165, 1.54) is 10.8 Å². The maximum absolute atomic E-state index is 5.82. The Morgan fingerprint density at radius 3 is 2.63 bits per heavy atom. The van der Waals surface area contributed by atoms with E-state index in [4.69, 9.17) is 10.5 Å². The third-order valence-electron chi connectivity index (χ3n) is 3.06. The first-order valence-corrected chi connectivity index (χ1v) is 6.62. The molecule has 2 aromatic rings. The topological polar surface area (TPSA) is 35.2 Å². The second-order valence-electron chi connectivity index (χ2n) is 4.57. The van der Waals surface area contributed by atoms with Crippen molar-refractivity contribution in [2.75, 3.05) is 6.54 Å². The predicted molar refractivity (Wildman–Crippen MR) is 80.3 cm³/mol. The van der Waals surface area contributed by atoms with Gasteiger partial charge in [-0.2, -0.15) is 0 Å². The normalized spacial score (nSPS) is 11.7. The fourth-order valence-electron chi connectivity index (χ4n) is 1.84. The number of benzene rings is 2. The van der Waals surface area contributed by atoms with Gasteiger partial charge in [0.15, 0.2) is 0 Å². The van der Waals surface area contributed by atoms with Crippen molar-refractivity contribution >= 4 is 10.8 Å². The van der Waals surface area contributed by atoms with Crippen molar-refractivity contribution in [1.82, 2.24) is 0 Å². The van der Waals surface area contributed by atoms with E-state index < -0.39 is 0 Å². The Labute approximate surface area is 114 Å². The predicted octanol–water partition coefficient (Wildman–Crippen LogP) is 3.33. The molecule has 19 heavy (non-hydrogen) atoms. The molecule has 0 amide bonds. The van der Waals surface area contributed by atoms with Crippen molar-refractivity contribution in [2.45, 2.75) is 26.4 Å². The molecule has 0 saturated heterocycles. The van der Waals surface area contributed by atoms with E-state index in [0.29, 0.717) is 6.54 Å². The maximum atomic E-state index is 5.82. The van der Waals surface area contributed by atoms with Crippen LogP contribution in [0, 0.1) is 11.8 Å². The maximum Gasteiger partial charge on any atom is 0.120 e. The summed E-state index contributed by atoms with van der Waals surface area (Å²) in [4.78, 5) is 0. The van der Waals surface area contributed by atoms with Crippen molar-refractivity contribution in [1.29, 1.82) is 0 Å². The van der Waals surface area contributed by atoms with Gasteiger partial charge in [0.05, 0.1) is 12.6 Å². The molecule has 0 spiro atoms. The Bertz CT molecular complexity index is 622. The number of rotatable bonds is 3. The Hall–Kier alpha value is -1.98. The zero-order valence-electron chi connectivity index (χ0n) is 11.4. The summed E-state index contributed by atoms with van der Waals surface area (Å²) in [6.45, 7) is 4.59. The van der Waals surface area contributed by atoms with Gasteiger partial charge >= 0.3 is 0 Å². The van der Waals surface area contributed by atoms with Crippen LogP contribution in [0.25, 0.3) is 10.8 Å². The van der Waals surface area contributed by atoms with E-state index in [9.17, 15) is 0 Å². The van der Waals surface area contributed by atoms with Crippen LogP contribution in [-0.4, -0.2) is 12.6 Å². The third-order valence-corrected chi connectivity index (χ3v) is 3.06. The monoisotopic (exact) mass is 253 g/mol. The van der Waals surface area contributed by atoms with Crippen LogP contribution < -0.4 is 10.5 Å². The first-order chi connectivity index (χ1) is 9.22. The summed E-state index contributed by atoms with van der Waals surface area (Å²) >= 11 is 0. The van der Waals surface area contributed by atoms with E-state index in [0.717, 1.165) is 17.7 Å².